The van der Waals surface area contributed by atoms with Gasteiger partial charge in [-0.25, -0.2) is 4.79 Å². The molecule has 5 rings (SSSR count). The summed E-state index contributed by atoms with van der Waals surface area (Å²) in [5.74, 6) is 2.46. The summed E-state index contributed by atoms with van der Waals surface area (Å²) in [6, 6.07) is 7.70. The summed E-state index contributed by atoms with van der Waals surface area (Å²) in [4.78, 5) is 13.1. The summed E-state index contributed by atoms with van der Waals surface area (Å²) in [5.41, 5.74) is 0.599. The van der Waals surface area contributed by atoms with Crippen LogP contribution in [0.25, 0.3) is 6.08 Å². The summed E-state index contributed by atoms with van der Waals surface area (Å²) in [5, 5.41) is 0. The first kappa shape index (κ1) is 23.9. The van der Waals surface area contributed by atoms with E-state index < -0.39 is 0 Å². The maximum absolute atomic E-state index is 13.1. The number of hydrogen-bond acceptors (Lipinski definition) is 4. The molecule has 4 aliphatic rings. The number of carbonyl (C=O) groups is 1. The molecular weight excluding hydrogens is 424 g/mol. The number of para-hydroxylation sites is 1. The molecule has 4 fully saturated rings. The van der Waals surface area contributed by atoms with Crippen LogP contribution < -0.4 is 4.74 Å². The first-order valence-electron chi connectivity index (χ1n) is 13.2. The van der Waals surface area contributed by atoms with Gasteiger partial charge in [0.2, 0.25) is 0 Å². The van der Waals surface area contributed by atoms with Crippen molar-refractivity contribution in [3.8, 4) is 5.75 Å². The Morgan fingerprint density at radius 1 is 0.971 bits per heavy atom. The molecule has 7 atom stereocenters. The Labute approximate surface area is 205 Å². The van der Waals surface area contributed by atoms with Gasteiger partial charge in [-0.05, 0) is 61.0 Å². The molecular formula is C30H42O4. The number of benzene rings is 1. The summed E-state index contributed by atoms with van der Waals surface area (Å²) >= 11 is 0. The molecule has 4 nitrogen and oxygen atoms in total. The lowest BCUT2D eigenvalue weighted by molar-refractivity contribution is -0.195. The summed E-state index contributed by atoms with van der Waals surface area (Å²) in [6.45, 7) is 14.0. The quantitative estimate of drug-likeness (QED) is 0.347. The Bertz CT molecular complexity index is 993. The van der Waals surface area contributed by atoms with Crippen molar-refractivity contribution >= 4 is 12.0 Å². The molecule has 0 N–H and O–H groups in total. The number of ether oxygens (including phenoxy) is 3. The summed E-state index contributed by atoms with van der Waals surface area (Å²) in [7, 11) is 1.64. The minimum Gasteiger partial charge on any atom is -0.496 e. The van der Waals surface area contributed by atoms with Crippen molar-refractivity contribution in [1.29, 1.82) is 0 Å². The molecule has 4 aliphatic carbocycles. The monoisotopic (exact) mass is 466 g/mol. The smallest absolute Gasteiger partial charge is 0.331 e. The highest BCUT2D eigenvalue weighted by atomic mass is 16.6. The van der Waals surface area contributed by atoms with Gasteiger partial charge in [0.25, 0.3) is 0 Å². The van der Waals surface area contributed by atoms with Gasteiger partial charge in [0.05, 0.1) is 12.7 Å². The van der Waals surface area contributed by atoms with E-state index in [-0.39, 0.29) is 40.0 Å². The average Bonchev–Trinajstić information content (AvgIpc) is 3.48. The number of carbonyl (C=O) groups excluding carboxylic acids is 1. The van der Waals surface area contributed by atoms with Crippen LogP contribution in [0.1, 0.15) is 79.2 Å². The van der Waals surface area contributed by atoms with Gasteiger partial charge in [0.15, 0.2) is 0 Å². The second-order valence-corrected chi connectivity index (χ2v) is 12.7. The highest BCUT2D eigenvalue weighted by Crippen LogP contribution is 2.79. The average molecular weight is 467 g/mol. The van der Waals surface area contributed by atoms with Gasteiger partial charge in [-0.1, -0.05) is 66.2 Å². The molecule has 4 saturated carbocycles. The van der Waals surface area contributed by atoms with Gasteiger partial charge in [-0.2, -0.15) is 0 Å². The van der Waals surface area contributed by atoms with Crippen molar-refractivity contribution < 1.29 is 19.0 Å². The zero-order valence-corrected chi connectivity index (χ0v) is 22.0. The van der Waals surface area contributed by atoms with Crippen molar-refractivity contribution in [3.63, 3.8) is 0 Å². The van der Waals surface area contributed by atoms with Crippen LogP contribution in [0.5, 0.6) is 5.75 Å². The van der Waals surface area contributed by atoms with Crippen molar-refractivity contribution in [2.45, 2.75) is 91.0 Å². The van der Waals surface area contributed by atoms with E-state index in [1.807, 2.05) is 24.3 Å². The predicted octanol–water partition coefficient (Wildman–Crippen LogP) is 6.68. The van der Waals surface area contributed by atoms with Crippen LogP contribution >= 0.6 is 0 Å². The maximum atomic E-state index is 13.1. The third-order valence-corrected chi connectivity index (χ3v) is 10.3. The number of methoxy groups -OCH3 is 1. The molecule has 0 saturated heterocycles. The van der Waals surface area contributed by atoms with Crippen molar-refractivity contribution in [3.05, 3.63) is 35.9 Å². The summed E-state index contributed by atoms with van der Waals surface area (Å²) in [6.07, 6.45) is 9.00. The van der Waals surface area contributed by atoms with Crippen LogP contribution in [-0.4, -0.2) is 30.4 Å². The standard InChI is InChI=1S/C30H42O4/c1-19-12-15-23-27(3,4)29(23,18-19)34-30-24(28(30,5)6)16-13-20(2)26(30)33-25(31)17-14-21-10-8-9-11-22(21)32-7/h8-11,14,17,19-20,23-24,26H,12-13,15-16,18H2,1-7H3/b17-14+. The van der Waals surface area contributed by atoms with E-state index in [2.05, 4.69) is 41.5 Å². The first-order chi connectivity index (χ1) is 16.0. The van der Waals surface area contributed by atoms with E-state index in [4.69, 9.17) is 14.2 Å². The van der Waals surface area contributed by atoms with Crippen LogP contribution in [0.15, 0.2) is 30.3 Å². The Hall–Kier alpha value is -1.81. The Kier molecular flexibility index (Phi) is 5.52. The second-order valence-electron chi connectivity index (χ2n) is 12.7. The van der Waals surface area contributed by atoms with Gasteiger partial charge in [0, 0.05) is 23.0 Å². The zero-order valence-electron chi connectivity index (χ0n) is 22.0. The van der Waals surface area contributed by atoms with E-state index in [0.29, 0.717) is 17.8 Å². The summed E-state index contributed by atoms with van der Waals surface area (Å²) < 4.78 is 19.1. The van der Waals surface area contributed by atoms with Crippen LogP contribution in [0.2, 0.25) is 0 Å². The lowest BCUT2D eigenvalue weighted by atomic mass is 9.83. The number of rotatable bonds is 6. The molecule has 1 aromatic carbocycles. The van der Waals surface area contributed by atoms with Gasteiger partial charge < -0.3 is 14.2 Å². The molecule has 7 unspecified atom stereocenters. The molecule has 0 heterocycles. The SMILES string of the molecule is COc1ccccc1/C=C/C(=O)OC1C(C)CCC2C(C)(C)C12OC12CC(C)CCC1C2(C)C. The fourth-order valence-corrected chi connectivity index (χ4v) is 8.14. The normalized spacial score (nSPS) is 41.3. The van der Waals surface area contributed by atoms with E-state index in [1.54, 1.807) is 19.3 Å². The molecule has 0 spiro atoms. The second kappa shape index (κ2) is 7.85. The largest absolute Gasteiger partial charge is 0.496 e. The molecule has 186 valence electrons. The fraction of sp³-hybridized carbons (Fsp3) is 0.700. The minimum atomic E-state index is -0.387. The Morgan fingerprint density at radius 3 is 2.41 bits per heavy atom. The molecule has 1 aromatic rings. The third-order valence-electron chi connectivity index (χ3n) is 10.3. The molecule has 4 heteroatoms. The Morgan fingerprint density at radius 2 is 1.68 bits per heavy atom. The number of hydrogen-bond donors (Lipinski definition) is 0. The number of esters is 1. The van der Waals surface area contributed by atoms with Crippen LogP contribution in [0.4, 0.5) is 0 Å². The molecule has 0 aromatic heterocycles. The molecule has 0 amide bonds. The third kappa shape index (κ3) is 3.23. The zero-order chi connectivity index (χ0) is 24.5. The van der Waals surface area contributed by atoms with E-state index in [9.17, 15) is 4.79 Å². The highest BCUT2D eigenvalue weighted by Gasteiger charge is 2.84. The highest BCUT2D eigenvalue weighted by molar-refractivity contribution is 5.87. The number of fused-ring (bicyclic) bond motifs is 2. The Balaban J connectivity index is 1.41. The lowest BCUT2D eigenvalue weighted by Gasteiger charge is -2.42. The van der Waals surface area contributed by atoms with Crippen LogP contribution in [-0.2, 0) is 14.3 Å². The van der Waals surface area contributed by atoms with Gasteiger partial charge >= 0.3 is 5.97 Å². The van der Waals surface area contributed by atoms with Gasteiger partial charge in [-0.3, -0.25) is 0 Å². The van der Waals surface area contributed by atoms with E-state index >= 15 is 0 Å². The van der Waals surface area contributed by atoms with Crippen molar-refractivity contribution in [1.82, 2.24) is 0 Å². The first-order valence-corrected chi connectivity index (χ1v) is 13.2. The lowest BCUT2D eigenvalue weighted by Crippen LogP contribution is -2.50. The van der Waals surface area contributed by atoms with E-state index in [1.165, 1.54) is 12.8 Å². The molecule has 0 radical (unpaired) electrons. The molecule has 34 heavy (non-hydrogen) atoms. The van der Waals surface area contributed by atoms with Crippen molar-refractivity contribution in [2.24, 2.45) is 34.5 Å². The van der Waals surface area contributed by atoms with Crippen LogP contribution in [0.3, 0.4) is 0 Å². The van der Waals surface area contributed by atoms with E-state index in [0.717, 1.165) is 30.6 Å². The molecule has 0 bridgehead atoms. The topological polar surface area (TPSA) is 44.8 Å². The van der Waals surface area contributed by atoms with Crippen LogP contribution in [0, 0.1) is 34.5 Å². The van der Waals surface area contributed by atoms with Gasteiger partial charge in [-0.15, -0.1) is 0 Å². The van der Waals surface area contributed by atoms with Crippen molar-refractivity contribution in [2.75, 3.05) is 7.11 Å². The fourth-order valence-electron chi connectivity index (χ4n) is 8.14. The van der Waals surface area contributed by atoms with Gasteiger partial charge in [0.1, 0.15) is 17.5 Å². The maximum Gasteiger partial charge on any atom is 0.331 e. The minimum absolute atomic E-state index is 0.00767. The predicted molar refractivity (Wildman–Crippen MR) is 134 cm³/mol. The molecule has 0 aliphatic heterocycles.